The molecule has 1 aromatic rings. The number of pyridine rings is 1. The largest absolute Gasteiger partial charge is 0.340 e. The second-order valence-electron chi connectivity index (χ2n) is 5.51. The summed E-state index contributed by atoms with van der Waals surface area (Å²) in [7, 11) is 0. The van der Waals surface area contributed by atoms with Crippen LogP contribution in [0.2, 0.25) is 0 Å². The van der Waals surface area contributed by atoms with E-state index in [1.54, 1.807) is 17.3 Å². The third kappa shape index (κ3) is 2.44. The van der Waals surface area contributed by atoms with Gasteiger partial charge < -0.3 is 10.2 Å². The second kappa shape index (κ2) is 5.16. The maximum atomic E-state index is 12.7. The Morgan fingerprint density at radius 3 is 2.75 bits per heavy atom. The predicted octanol–water partition coefficient (Wildman–Crippen LogP) is 1.62. The molecule has 5 nitrogen and oxygen atoms in total. The molecule has 1 aliphatic carbocycles. The molecule has 1 N–H and O–H groups in total. The van der Waals surface area contributed by atoms with Crippen LogP contribution in [0.4, 0.5) is 0 Å². The van der Waals surface area contributed by atoms with Crippen molar-refractivity contribution in [1.82, 2.24) is 15.2 Å². The Hall–Kier alpha value is -1.43. The van der Waals surface area contributed by atoms with E-state index >= 15 is 0 Å². The fourth-order valence-electron chi connectivity index (χ4n) is 3.12. The van der Waals surface area contributed by atoms with Gasteiger partial charge in [-0.3, -0.25) is 14.6 Å². The SMILES string of the molecule is O=C1CN(Cc2cncc(Br)c2)C(=O)C2(CCCC2)N1. The molecular formula is C14H16BrN3O2. The minimum absolute atomic E-state index is 0.0505. The summed E-state index contributed by atoms with van der Waals surface area (Å²) in [4.78, 5) is 30.3. The zero-order chi connectivity index (χ0) is 14.2. The van der Waals surface area contributed by atoms with Gasteiger partial charge in [-0.2, -0.15) is 0 Å². The minimum atomic E-state index is -0.644. The summed E-state index contributed by atoms with van der Waals surface area (Å²) >= 11 is 3.37. The lowest BCUT2D eigenvalue weighted by Crippen LogP contribution is -2.65. The fraction of sp³-hybridized carbons (Fsp3) is 0.500. The number of hydrogen-bond acceptors (Lipinski definition) is 3. The zero-order valence-corrected chi connectivity index (χ0v) is 12.6. The second-order valence-corrected chi connectivity index (χ2v) is 6.43. The first-order chi connectivity index (χ1) is 9.59. The molecule has 3 rings (SSSR count). The van der Waals surface area contributed by atoms with E-state index in [4.69, 9.17) is 0 Å². The van der Waals surface area contributed by atoms with Gasteiger partial charge in [-0.25, -0.2) is 0 Å². The van der Waals surface area contributed by atoms with E-state index in [0.29, 0.717) is 6.54 Å². The number of halogens is 1. The van der Waals surface area contributed by atoms with Crippen LogP contribution < -0.4 is 5.32 Å². The number of hydrogen-bond donors (Lipinski definition) is 1. The number of carbonyl (C=O) groups is 2. The Labute approximate surface area is 125 Å². The van der Waals surface area contributed by atoms with Crippen LogP contribution in [-0.2, 0) is 16.1 Å². The smallest absolute Gasteiger partial charge is 0.249 e. The molecule has 106 valence electrons. The third-order valence-corrected chi connectivity index (χ3v) is 4.44. The van der Waals surface area contributed by atoms with Crippen molar-refractivity contribution in [3.8, 4) is 0 Å². The van der Waals surface area contributed by atoms with Crippen molar-refractivity contribution in [3.05, 3.63) is 28.5 Å². The van der Waals surface area contributed by atoms with Gasteiger partial charge in [0.2, 0.25) is 11.8 Å². The van der Waals surface area contributed by atoms with Gasteiger partial charge >= 0.3 is 0 Å². The van der Waals surface area contributed by atoms with E-state index in [2.05, 4.69) is 26.2 Å². The van der Waals surface area contributed by atoms with Crippen molar-refractivity contribution in [2.24, 2.45) is 0 Å². The van der Waals surface area contributed by atoms with Crippen molar-refractivity contribution in [1.29, 1.82) is 0 Å². The molecule has 0 radical (unpaired) electrons. The highest BCUT2D eigenvalue weighted by molar-refractivity contribution is 9.10. The highest BCUT2D eigenvalue weighted by atomic mass is 79.9. The van der Waals surface area contributed by atoms with E-state index in [1.807, 2.05) is 6.07 Å². The monoisotopic (exact) mass is 337 g/mol. The normalized spacial score (nSPS) is 21.4. The summed E-state index contributed by atoms with van der Waals surface area (Å²) in [5.74, 6) is -0.0102. The molecule has 1 aliphatic heterocycles. The third-order valence-electron chi connectivity index (χ3n) is 4.00. The van der Waals surface area contributed by atoms with Crippen molar-refractivity contribution in [2.45, 2.75) is 37.8 Å². The quantitative estimate of drug-likeness (QED) is 0.891. The molecule has 1 spiro atoms. The van der Waals surface area contributed by atoms with E-state index in [1.165, 1.54) is 0 Å². The summed E-state index contributed by atoms with van der Waals surface area (Å²) in [6.45, 7) is 0.563. The zero-order valence-electron chi connectivity index (χ0n) is 11.1. The van der Waals surface area contributed by atoms with E-state index in [-0.39, 0.29) is 18.4 Å². The molecule has 6 heteroatoms. The molecule has 20 heavy (non-hydrogen) atoms. The van der Waals surface area contributed by atoms with Gasteiger partial charge in [-0.05, 0) is 40.4 Å². The van der Waals surface area contributed by atoms with E-state index in [9.17, 15) is 9.59 Å². The molecule has 2 heterocycles. The van der Waals surface area contributed by atoms with Crippen molar-refractivity contribution >= 4 is 27.7 Å². The number of piperazine rings is 1. The summed E-state index contributed by atoms with van der Waals surface area (Å²) in [5.41, 5.74) is 0.282. The van der Waals surface area contributed by atoms with Gasteiger partial charge in [-0.1, -0.05) is 12.8 Å². The molecule has 2 aliphatic rings. The van der Waals surface area contributed by atoms with Crippen LogP contribution in [0.3, 0.4) is 0 Å². The average molecular weight is 338 g/mol. The molecule has 1 saturated heterocycles. The van der Waals surface area contributed by atoms with Crippen LogP contribution in [0.25, 0.3) is 0 Å². The summed E-state index contributed by atoms with van der Waals surface area (Å²) in [6, 6.07) is 1.92. The van der Waals surface area contributed by atoms with Crippen molar-refractivity contribution < 1.29 is 9.59 Å². The van der Waals surface area contributed by atoms with Crippen molar-refractivity contribution in [3.63, 3.8) is 0 Å². The number of amides is 2. The molecule has 1 saturated carbocycles. The Balaban J connectivity index is 1.81. The molecule has 0 atom stereocenters. The molecule has 2 fully saturated rings. The van der Waals surface area contributed by atoms with Gasteiger partial charge in [0.25, 0.3) is 0 Å². The Bertz CT molecular complexity index is 555. The molecule has 0 bridgehead atoms. The Morgan fingerprint density at radius 2 is 2.05 bits per heavy atom. The highest BCUT2D eigenvalue weighted by Gasteiger charge is 2.48. The standard InChI is InChI=1S/C14H16BrN3O2/c15-11-5-10(6-16-7-11)8-18-9-12(19)17-14(13(18)20)3-1-2-4-14/h5-7H,1-4,8-9H2,(H,17,19). The van der Waals surface area contributed by atoms with Crippen molar-refractivity contribution in [2.75, 3.05) is 6.54 Å². The minimum Gasteiger partial charge on any atom is -0.340 e. The van der Waals surface area contributed by atoms with E-state index in [0.717, 1.165) is 35.7 Å². The van der Waals surface area contributed by atoms with Crippen LogP contribution in [0.5, 0.6) is 0 Å². The number of rotatable bonds is 2. The van der Waals surface area contributed by atoms with Crippen LogP contribution in [0, 0.1) is 0 Å². The maximum Gasteiger partial charge on any atom is 0.249 e. The number of carbonyl (C=O) groups excluding carboxylic acids is 2. The molecule has 1 aromatic heterocycles. The molecular weight excluding hydrogens is 322 g/mol. The first kappa shape index (κ1) is 13.5. The first-order valence-electron chi connectivity index (χ1n) is 6.79. The molecule has 0 unspecified atom stereocenters. The predicted molar refractivity (Wildman–Crippen MR) is 76.7 cm³/mol. The molecule has 0 aromatic carbocycles. The van der Waals surface area contributed by atoms with Crippen LogP contribution in [0.15, 0.2) is 22.9 Å². The van der Waals surface area contributed by atoms with Crippen LogP contribution in [0.1, 0.15) is 31.2 Å². The lowest BCUT2D eigenvalue weighted by Gasteiger charge is -2.39. The Kier molecular flexibility index (Phi) is 3.50. The van der Waals surface area contributed by atoms with Gasteiger partial charge in [-0.15, -0.1) is 0 Å². The maximum absolute atomic E-state index is 12.7. The van der Waals surface area contributed by atoms with Gasteiger partial charge in [0.05, 0.1) is 6.54 Å². The lowest BCUT2D eigenvalue weighted by atomic mass is 9.93. The van der Waals surface area contributed by atoms with Crippen LogP contribution in [-0.4, -0.2) is 33.8 Å². The van der Waals surface area contributed by atoms with Gasteiger partial charge in [0.1, 0.15) is 5.54 Å². The summed E-state index contributed by atoms with van der Waals surface area (Å²) in [6.07, 6.45) is 6.94. The number of aromatic nitrogens is 1. The number of nitrogens with zero attached hydrogens (tertiary/aromatic N) is 2. The fourth-order valence-corrected chi connectivity index (χ4v) is 3.53. The van der Waals surface area contributed by atoms with Gasteiger partial charge in [0.15, 0.2) is 0 Å². The summed E-state index contributed by atoms with van der Waals surface area (Å²) in [5, 5.41) is 2.91. The van der Waals surface area contributed by atoms with Crippen LogP contribution >= 0.6 is 15.9 Å². The molecule has 2 amide bonds. The highest BCUT2D eigenvalue weighted by Crippen LogP contribution is 2.33. The van der Waals surface area contributed by atoms with Gasteiger partial charge in [0, 0.05) is 23.4 Å². The lowest BCUT2D eigenvalue weighted by molar-refractivity contribution is -0.150. The van der Waals surface area contributed by atoms with E-state index < -0.39 is 5.54 Å². The number of nitrogens with one attached hydrogen (secondary N) is 1. The topological polar surface area (TPSA) is 62.3 Å². The first-order valence-corrected chi connectivity index (χ1v) is 7.58. The summed E-state index contributed by atoms with van der Waals surface area (Å²) < 4.78 is 0.875. The Morgan fingerprint density at radius 1 is 1.30 bits per heavy atom. The average Bonchev–Trinajstić information content (AvgIpc) is 2.85.